The van der Waals surface area contributed by atoms with Crippen LogP contribution in [0.15, 0.2) is 30.3 Å². The van der Waals surface area contributed by atoms with E-state index in [-0.39, 0.29) is 29.4 Å². The molecule has 5 atom stereocenters. The highest BCUT2D eigenvalue weighted by Gasteiger charge is 2.58. The van der Waals surface area contributed by atoms with E-state index in [1.807, 2.05) is 11.0 Å². The van der Waals surface area contributed by atoms with Gasteiger partial charge in [0.05, 0.1) is 6.04 Å². The second-order valence-electron chi connectivity index (χ2n) is 12.1. The number of carbonyl (C=O) groups is 2. The van der Waals surface area contributed by atoms with Gasteiger partial charge in [-0.05, 0) is 76.3 Å². The molecule has 5 aliphatic rings. The summed E-state index contributed by atoms with van der Waals surface area (Å²) in [5.41, 5.74) is 7.73. The predicted octanol–water partition coefficient (Wildman–Crippen LogP) is 3.60. The van der Waals surface area contributed by atoms with Crippen molar-refractivity contribution in [1.82, 2.24) is 14.7 Å². The van der Waals surface area contributed by atoms with Crippen LogP contribution in [0.2, 0.25) is 0 Å². The number of likely N-dealkylation sites (tertiary alicyclic amines) is 1. The van der Waals surface area contributed by atoms with Gasteiger partial charge in [-0.2, -0.15) is 0 Å². The van der Waals surface area contributed by atoms with Crippen LogP contribution in [0.3, 0.4) is 0 Å². The number of fused-ring (bicyclic) bond motifs is 1. The van der Waals surface area contributed by atoms with Gasteiger partial charge < -0.3 is 15.5 Å². The Labute approximate surface area is 214 Å². The van der Waals surface area contributed by atoms with Crippen molar-refractivity contribution >= 4 is 11.8 Å². The number of hydrogen-bond donors (Lipinski definition) is 1. The summed E-state index contributed by atoms with van der Waals surface area (Å²) >= 11 is 0. The smallest absolute Gasteiger partial charge is 0.245 e. The lowest BCUT2D eigenvalue weighted by molar-refractivity contribution is -0.148. The number of halogens is 1. The minimum absolute atomic E-state index is 0.0156. The van der Waals surface area contributed by atoms with Crippen molar-refractivity contribution in [1.29, 1.82) is 0 Å². The Morgan fingerprint density at radius 3 is 2.50 bits per heavy atom. The molecule has 3 heterocycles. The van der Waals surface area contributed by atoms with Gasteiger partial charge in [-0.25, -0.2) is 4.39 Å². The van der Waals surface area contributed by atoms with E-state index < -0.39 is 18.3 Å². The maximum Gasteiger partial charge on any atom is 0.245 e. The Kier molecular flexibility index (Phi) is 6.35. The Hall–Kier alpha value is -1.99. The van der Waals surface area contributed by atoms with Gasteiger partial charge in [0.2, 0.25) is 11.8 Å². The fourth-order valence-electron chi connectivity index (χ4n) is 7.83. The number of hydrogen-bond acceptors (Lipinski definition) is 4. The van der Waals surface area contributed by atoms with E-state index in [0.717, 1.165) is 58.0 Å². The number of amides is 2. The molecule has 0 bridgehead atoms. The first-order chi connectivity index (χ1) is 17.4. The summed E-state index contributed by atoms with van der Waals surface area (Å²) in [6, 6.07) is 10.2. The maximum atomic E-state index is 14.1. The summed E-state index contributed by atoms with van der Waals surface area (Å²) in [6.07, 6.45) is 7.63. The van der Waals surface area contributed by atoms with Crippen LogP contribution >= 0.6 is 0 Å². The van der Waals surface area contributed by atoms with Gasteiger partial charge in [0.25, 0.3) is 0 Å². The van der Waals surface area contributed by atoms with E-state index in [4.69, 9.17) is 5.73 Å². The molecule has 3 aliphatic heterocycles. The lowest BCUT2D eigenvalue weighted by Crippen LogP contribution is -2.59. The third-order valence-electron chi connectivity index (χ3n) is 10.0. The molecule has 3 saturated heterocycles. The molecule has 2 saturated carbocycles. The van der Waals surface area contributed by atoms with E-state index in [1.165, 1.54) is 5.56 Å². The highest BCUT2D eigenvalue weighted by molar-refractivity contribution is 5.91. The molecular weight excluding hydrogens is 455 g/mol. The molecule has 2 amide bonds. The van der Waals surface area contributed by atoms with E-state index in [2.05, 4.69) is 41.0 Å². The van der Waals surface area contributed by atoms with Crippen LogP contribution in [0, 0.1) is 0 Å². The zero-order valence-electron chi connectivity index (χ0n) is 21.5. The fourth-order valence-corrected chi connectivity index (χ4v) is 7.83. The van der Waals surface area contributed by atoms with Crippen LogP contribution in [0.5, 0.6) is 0 Å². The van der Waals surface area contributed by atoms with Crippen LogP contribution in [-0.4, -0.2) is 81.5 Å². The number of nitrogens with zero attached hydrogens (tertiary/aromatic N) is 3. The molecule has 2 N–H and O–H groups in total. The van der Waals surface area contributed by atoms with Crippen molar-refractivity contribution in [3.8, 4) is 0 Å². The molecule has 0 unspecified atom stereocenters. The minimum atomic E-state index is -0.679. The standard InChI is InChI=1S/C29H41FN4O2/c1-2-32(24-14-21(30)15-24)22-8-10-25(31)27(35)34-23(16-22)9-11-26(34)28(36)33-18-20(17-29(33)12-13-29)19-6-4-3-5-7-19/h3-7,20-26H,2,8-18,31H2,1H3/t20-,21?,22+,23-,24?,25+,26+/m1/s1. The summed E-state index contributed by atoms with van der Waals surface area (Å²) in [4.78, 5) is 34.1. The summed E-state index contributed by atoms with van der Waals surface area (Å²) < 4.78 is 13.7. The number of rotatable bonds is 5. The topological polar surface area (TPSA) is 69.9 Å². The minimum Gasteiger partial charge on any atom is -0.335 e. The lowest BCUT2D eigenvalue weighted by atomic mass is 9.85. The molecule has 2 aliphatic carbocycles. The van der Waals surface area contributed by atoms with Gasteiger partial charge in [0.1, 0.15) is 12.2 Å². The molecule has 1 aromatic rings. The second-order valence-corrected chi connectivity index (χ2v) is 12.1. The van der Waals surface area contributed by atoms with Crippen molar-refractivity contribution in [2.45, 2.75) is 119 Å². The fraction of sp³-hybridized carbons (Fsp3) is 0.724. The molecule has 0 radical (unpaired) electrons. The van der Waals surface area contributed by atoms with E-state index in [9.17, 15) is 14.0 Å². The Bertz CT molecular complexity index is 979. The van der Waals surface area contributed by atoms with Crippen molar-refractivity contribution < 1.29 is 14.0 Å². The number of alkyl halides is 1. The zero-order chi connectivity index (χ0) is 25.0. The molecule has 0 aromatic heterocycles. The maximum absolute atomic E-state index is 14.1. The van der Waals surface area contributed by atoms with Gasteiger partial charge >= 0.3 is 0 Å². The monoisotopic (exact) mass is 496 g/mol. The van der Waals surface area contributed by atoms with Crippen LogP contribution in [0.4, 0.5) is 4.39 Å². The number of nitrogens with two attached hydrogens (primary N) is 1. The van der Waals surface area contributed by atoms with Gasteiger partial charge in [-0.15, -0.1) is 0 Å². The van der Waals surface area contributed by atoms with E-state index in [0.29, 0.717) is 31.2 Å². The average Bonchev–Trinajstić information content (AvgIpc) is 3.36. The first-order valence-corrected chi connectivity index (χ1v) is 14.2. The van der Waals surface area contributed by atoms with Gasteiger partial charge in [0, 0.05) is 36.1 Å². The molecule has 196 valence electrons. The zero-order valence-corrected chi connectivity index (χ0v) is 21.5. The number of benzene rings is 1. The second kappa shape index (κ2) is 9.39. The summed E-state index contributed by atoms with van der Waals surface area (Å²) in [5, 5.41) is 0. The highest BCUT2D eigenvalue weighted by Crippen LogP contribution is 2.54. The third-order valence-corrected chi connectivity index (χ3v) is 10.0. The Balaban J connectivity index is 1.20. The summed E-state index contributed by atoms with van der Waals surface area (Å²) in [7, 11) is 0. The Morgan fingerprint density at radius 1 is 1.08 bits per heavy atom. The summed E-state index contributed by atoms with van der Waals surface area (Å²) in [6.45, 7) is 3.79. The van der Waals surface area contributed by atoms with Crippen molar-refractivity contribution in [2.24, 2.45) is 5.73 Å². The van der Waals surface area contributed by atoms with E-state index >= 15 is 0 Å². The Morgan fingerprint density at radius 2 is 1.83 bits per heavy atom. The quantitative estimate of drug-likeness (QED) is 0.676. The number of carbonyl (C=O) groups excluding carboxylic acids is 2. The van der Waals surface area contributed by atoms with Crippen LogP contribution in [0.25, 0.3) is 0 Å². The van der Waals surface area contributed by atoms with Crippen molar-refractivity contribution in [3.63, 3.8) is 0 Å². The molecule has 5 fully saturated rings. The SMILES string of the molecule is CCN(C1CC(F)C1)[C@H]1CC[C@H](N)C(=O)N2[C@H](CC[C@H]2C(=O)N2C[C@H](c3ccccc3)CC23CC3)C1. The lowest BCUT2D eigenvalue weighted by Gasteiger charge is -2.46. The molecule has 36 heavy (non-hydrogen) atoms. The predicted molar refractivity (Wildman–Crippen MR) is 137 cm³/mol. The summed E-state index contributed by atoms with van der Waals surface area (Å²) in [5.74, 6) is 0.454. The van der Waals surface area contributed by atoms with Gasteiger partial charge in [0.15, 0.2) is 0 Å². The molecule has 6 nitrogen and oxygen atoms in total. The molecule has 7 heteroatoms. The highest BCUT2D eigenvalue weighted by atomic mass is 19.1. The molecule has 6 rings (SSSR count). The van der Waals surface area contributed by atoms with Gasteiger partial charge in [-0.1, -0.05) is 37.3 Å². The van der Waals surface area contributed by atoms with Crippen LogP contribution < -0.4 is 5.73 Å². The van der Waals surface area contributed by atoms with Crippen molar-refractivity contribution in [3.05, 3.63) is 35.9 Å². The van der Waals surface area contributed by atoms with E-state index in [1.54, 1.807) is 0 Å². The largest absolute Gasteiger partial charge is 0.335 e. The van der Waals surface area contributed by atoms with Crippen LogP contribution in [-0.2, 0) is 9.59 Å². The molecule has 1 spiro atoms. The molecular formula is C29H41FN4O2. The first kappa shape index (κ1) is 24.4. The van der Waals surface area contributed by atoms with Crippen LogP contribution in [0.1, 0.15) is 82.6 Å². The average molecular weight is 497 g/mol. The third kappa shape index (κ3) is 4.16. The molecule has 1 aromatic carbocycles. The normalized spacial score (nSPS) is 37.6. The first-order valence-electron chi connectivity index (χ1n) is 14.2. The van der Waals surface area contributed by atoms with Crippen molar-refractivity contribution in [2.75, 3.05) is 13.1 Å². The van der Waals surface area contributed by atoms with Gasteiger partial charge in [-0.3, -0.25) is 14.5 Å².